The molecule has 0 aliphatic carbocycles. The molecular formula is C17H19NO4. The van der Waals surface area contributed by atoms with Gasteiger partial charge in [0.25, 0.3) is 0 Å². The number of para-hydroxylation sites is 1. The summed E-state index contributed by atoms with van der Waals surface area (Å²) in [6.45, 7) is 4.03. The number of carbonyl (C=O) groups excluding carboxylic acids is 2. The minimum atomic E-state index is -0.638. The zero-order chi connectivity index (χ0) is 15.9. The largest absolute Gasteiger partial charge is 0.452 e. The van der Waals surface area contributed by atoms with E-state index < -0.39 is 17.7 Å². The maximum Gasteiger partial charge on any atom is 0.417 e. The van der Waals surface area contributed by atoms with Crippen molar-refractivity contribution in [2.24, 2.45) is 0 Å². The van der Waals surface area contributed by atoms with Gasteiger partial charge in [0.1, 0.15) is 0 Å². The molecule has 1 fully saturated rings. The zero-order valence-electron chi connectivity index (χ0n) is 13.0. The van der Waals surface area contributed by atoms with Crippen LogP contribution in [0.1, 0.15) is 32.3 Å². The molecule has 1 aromatic rings. The average molecular weight is 301 g/mol. The second-order valence-electron chi connectivity index (χ2n) is 6.02. The second kappa shape index (κ2) is 5.16. The van der Waals surface area contributed by atoms with E-state index in [4.69, 9.17) is 9.47 Å². The first kappa shape index (κ1) is 14.6. The molecule has 116 valence electrons. The Kier molecular flexibility index (Phi) is 3.43. The van der Waals surface area contributed by atoms with Crippen LogP contribution in [0.4, 0.5) is 10.5 Å². The summed E-state index contributed by atoms with van der Waals surface area (Å²) in [6, 6.07) is 7.62. The van der Waals surface area contributed by atoms with Gasteiger partial charge in [0, 0.05) is 0 Å². The van der Waals surface area contributed by atoms with Crippen LogP contribution >= 0.6 is 0 Å². The first-order valence-electron chi connectivity index (χ1n) is 7.29. The number of hydrogen-bond acceptors (Lipinski definition) is 4. The van der Waals surface area contributed by atoms with Crippen molar-refractivity contribution in [3.63, 3.8) is 0 Å². The van der Waals surface area contributed by atoms with Gasteiger partial charge in [-0.2, -0.15) is 0 Å². The molecule has 0 spiro atoms. The van der Waals surface area contributed by atoms with Crippen LogP contribution in [0.5, 0.6) is 0 Å². The van der Waals surface area contributed by atoms with Crippen molar-refractivity contribution in [3.05, 3.63) is 41.5 Å². The van der Waals surface area contributed by atoms with Crippen molar-refractivity contribution in [2.75, 3.05) is 12.0 Å². The summed E-state index contributed by atoms with van der Waals surface area (Å²) in [4.78, 5) is 25.6. The van der Waals surface area contributed by atoms with Crippen LogP contribution in [-0.4, -0.2) is 25.4 Å². The van der Waals surface area contributed by atoms with Gasteiger partial charge in [-0.25, -0.2) is 9.69 Å². The van der Waals surface area contributed by atoms with Crippen molar-refractivity contribution < 1.29 is 19.1 Å². The number of esters is 1. The van der Waals surface area contributed by atoms with E-state index in [-0.39, 0.29) is 12.4 Å². The Bertz CT molecular complexity index is 662. The highest BCUT2D eigenvalue weighted by molar-refractivity contribution is 5.94. The van der Waals surface area contributed by atoms with Crippen LogP contribution in [-0.2, 0) is 19.7 Å². The molecule has 0 N–H and O–H groups in total. The topological polar surface area (TPSA) is 55.8 Å². The van der Waals surface area contributed by atoms with Gasteiger partial charge in [0.15, 0.2) is 6.23 Å². The lowest BCUT2D eigenvalue weighted by Gasteiger charge is -2.28. The molecule has 0 unspecified atom stereocenters. The number of anilines is 1. The highest BCUT2D eigenvalue weighted by Crippen LogP contribution is 2.53. The summed E-state index contributed by atoms with van der Waals surface area (Å²) in [7, 11) is 1.33. The van der Waals surface area contributed by atoms with Gasteiger partial charge >= 0.3 is 12.1 Å². The Morgan fingerprint density at radius 1 is 1.45 bits per heavy atom. The highest BCUT2D eigenvalue weighted by Gasteiger charge is 2.60. The summed E-state index contributed by atoms with van der Waals surface area (Å²) in [5.74, 6) is -0.282. The maximum atomic E-state index is 12.2. The Morgan fingerprint density at radius 2 is 2.18 bits per heavy atom. The predicted octanol–water partition coefficient (Wildman–Crippen LogP) is 3.14. The predicted molar refractivity (Wildman–Crippen MR) is 81.5 cm³/mol. The third-order valence-corrected chi connectivity index (χ3v) is 4.36. The van der Waals surface area contributed by atoms with Gasteiger partial charge in [0.2, 0.25) is 0 Å². The van der Waals surface area contributed by atoms with Crippen molar-refractivity contribution in [1.82, 2.24) is 0 Å². The molecule has 0 bridgehead atoms. The fourth-order valence-electron chi connectivity index (χ4n) is 3.34. The van der Waals surface area contributed by atoms with Crippen molar-refractivity contribution in [2.45, 2.75) is 38.3 Å². The van der Waals surface area contributed by atoms with Gasteiger partial charge in [-0.15, -0.1) is 0 Å². The van der Waals surface area contributed by atoms with E-state index in [9.17, 15) is 9.59 Å². The lowest BCUT2D eigenvalue weighted by Crippen LogP contribution is -2.45. The summed E-state index contributed by atoms with van der Waals surface area (Å²) in [6.07, 6.45) is 1.86. The summed E-state index contributed by atoms with van der Waals surface area (Å²) < 4.78 is 10.4. The maximum absolute atomic E-state index is 12.2. The fourth-order valence-corrected chi connectivity index (χ4v) is 3.34. The van der Waals surface area contributed by atoms with Gasteiger partial charge in [-0.3, -0.25) is 4.79 Å². The molecule has 0 saturated carbocycles. The third-order valence-electron chi connectivity index (χ3n) is 4.36. The fraction of sp³-hybridized carbons (Fsp3) is 0.412. The van der Waals surface area contributed by atoms with Gasteiger partial charge in [-0.1, -0.05) is 29.8 Å². The van der Waals surface area contributed by atoms with Gasteiger partial charge in [-0.05, 0) is 31.9 Å². The van der Waals surface area contributed by atoms with Crippen LogP contribution in [0, 0.1) is 0 Å². The third kappa shape index (κ3) is 2.00. The van der Waals surface area contributed by atoms with Gasteiger partial charge < -0.3 is 9.47 Å². The van der Waals surface area contributed by atoms with E-state index in [1.165, 1.54) is 17.6 Å². The molecule has 0 radical (unpaired) electrons. The Labute approximate surface area is 129 Å². The quantitative estimate of drug-likeness (QED) is 0.622. The first-order valence-corrected chi connectivity index (χ1v) is 7.29. The Hall–Kier alpha value is -2.30. The molecule has 2 aliphatic rings. The lowest BCUT2D eigenvalue weighted by atomic mass is 9.76. The monoisotopic (exact) mass is 301 g/mol. The minimum Gasteiger partial charge on any atom is -0.452 e. The molecule has 3 rings (SSSR count). The summed E-state index contributed by atoms with van der Waals surface area (Å²) in [5, 5.41) is 0. The van der Waals surface area contributed by atoms with E-state index in [1.54, 1.807) is 0 Å². The smallest absolute Gasteiger partial charge is 0.417 e. The molecule has 2 atom stereocenters. The van der Waals surface area contributed by atoms with E-state index in [2.05, 4.69) is 6.08 Å². The molecule has 22 heavy (non-hydrogen) atoms. The van der Waals surface area contributed by atoms with E-state index >= 15 is 0 Å². The van der Waals surface area contributed by atoms with Crippen LogP contribution < -0.4 is 4.90 Å². The molecule has 0 aromatic heterocycles. The molecule has 1 saturated heterocycles. The molecule has 5 nitrogen and oxygen atoms in total. The molecule has 1 aromatic carbocycles. The van der Waals surface area contributed by atoms with Crippen LogP contribution in [0.25, 0.3) is 0 Å². The van der Waals surface area contributed by atoms with Crippen LogP contribution in [0.2, 0.25) is 0 Å². The molecule has 2 aliphatic heterocycles. The van der Waals surface area contributed by atoms with E-state index in [1.807, 2.05) is 38.1 Å². The number of carbonyl (C=O) groups is 2. The SMILES string of the molecule is COC(=O)N1c2ccccc2[C@]2(CC=C(C)C)CC(=O)O[C@H]12. The molecular weight excluding hydrogens is 282 g/mol. The van der Waals surface area contributed by atoms with E-state index in [0.29, 0.717) is 6.42 Å². The number of nitrogens with zero attached hydrogens (tertiary/aromatic N) is 1. The normalized spacial score (nSPS) is 25.3. The standard InChI is InChI=1S/C17H19NO4/c1-11(2)8-9-17-10-14(19)22-15(17)18(16(20)21-3)13-7-5-4-6-12(13)17/h4-8,15H,9-10H2,1-3H3/t15-,17-/m0/s1. The molecule has 1 amide bonds. The number of rotatable bonds is 2. The number of hydrogen-bond donors (Lipinski definition) is 0. The van der Waals surface area contributed by atoms with Crippen molar-refractivity contribution >= 4 is 17.7 Å². The van der Waals surface area contributed by atoms with Crippen molar-refractivity contribution in [1.29, 1.82) is 0 Å². The second-order valence-corrected chi connectivity index (χ2v) is 6.02. The summed E-state index contributed by atoms with van der Waals surface area (Å²) in [5.41, 5.74) is 2.36. The number of allylic oxidation sites excluding steroid dienone is 2. The number of methoxy groups -OCH3 is 1. The van der Waals surface area contributed by atoms with Gasteiger partial charge in [0.05, 0.1) is 24.6 Å². The number of ether oxygens (including phenoxy) is 2. The van der Waals surface area contributed by atoms with E-state index in [0.717, 1.165) is 11.3 Å². The van der Waals surface area contributed by atoms with Crippen molar-refractivity contribution in [3.8, 4) is 0 Å². The number of benzene rings is 1. The lowest BCUT2D eigenvalue weighted by molar-refractivity contribution is -0.141. The number of amides is 1. The zero-order valence-corrected chi connectivity index (χ0v) is 13.0. The highest BCUT2D eigenvalue weighted by atomic mass is 16.6. The minimum absolute atomic E-state index is 0.270. The van der Waals surface area contributed by atoms with Crippen LogP contribution in [0.15, 0.2) is 35.9 Å². The molecule has 2 heterocycles. The van der Waals surface area contributed by atoms with Crippen LogP contribution in [0.3, 0.4) is 0 Å². The first-order chi connectivity index (χ1) is 10.5. The average Bonchev–Trinajstić information content (AvgIpc) is 2.95. The molecule has 5 heteroatoms. The number of fused-ring (bicyclic) bond motifs is 3. The summed E-state index contributed by atoms with van der Waals surface area (Å²) >= 11 is 0. The Balaban J connectivity index is 2.15. The Morgan fingerprint density at radius 3 is 2.86 bits per heavy atom.